The third kappa shape index (κ3) is 3.75. The van der Waals surface area contributed by atoms with Crippen molar-refractivity contribution in [1.29, 1.82) is 0 Å². The molecule has 1 aliphatic heterocycles. The van der Waals surface area contributed by atoms with Gasteiger partial charge in [-0.1, -0.05) is 23.7 Å². The van der Waals surface area contributed by atoms with E-state index in [0.29, 0.717) is 6.54 Å². The first-order valence-corrected chi connectivity index (χ1v) is 9.42. The van der Waals surface area contributed by atoms with Crippen molar-refractivity contribution in [2.24, 2.45) is 0 Å². The topological polar surface area (TPSA) is 29.7 Å². The lowest BCUT2D eigenvalue weighted by Gasteiger charge is -2.33. The summed E-state index contributed by atoms with van der Waals surface area (Å²) in [6.07, 6.45) is 0. The fourth-order valence-electron chi connectivity index (χ4n) is 3.84. The van der Waals surface area contributed by atoms with E-state index < -0.39 is 0 Å². The maximum Gasteiger partial charge on any atom is 0.218 e. The van der Waals surface area contributed by atoms with E-state index in [9.17, 15) is 4.79 Å². The SMILES string of the molecule is CCn1c(C)cc(C(=O)C[NH+]2CCN(c3ccccc3Cl)CC2)c1C. The second kappa shape index (κ2) is 7.63. The zero-order valence-electron chi connectivity index (χ0n) is 15.3. The molecule has 0 saturated carbocycles. The van der Waals surface area contributed by atoms with Crippen molar-refractivity contribution in [2.75, 3.05) is 37.6 Å². The highest BCUT2D eigenvalue weighted by Gasteiger charge is 2.25. The van der Waals surface area contributed by atoms with Crippen molar-refractivity contribution in [3.05, 3.63) is 52.3 Å². The van der Waals surface area contributed by atoms with Crippen molar-refractivity contribution < 1.29 is 9.69 Å². The van der Waals surface area contributed by atoms with Gasteiger partial charge in [0.05, 0.1) is 36.9 Å². The maximum atomic E-state index is 12.8. The number of nitrogens with one attached hydrogen (secondary N) is 1. The second-order valence-electron chi connectivity index (χ2n) is 6.82. The van der Waals surface area contributed by atoms with Crippen molar-refractivity contribution in [2.45, 2.75) is 27.3 Å². The van der Waals surface area contributed by atoms with Crippen LogP contribution in [0.4, 0.5) is 5.69 Å². The highest BCUT2D eigenvalue weighted by Crippen LogP contribution is 2.24. The molecule has 0 bridgehead atoms. The number of aryl methyl sites for hydroxylation is 1. The molecule has 0 aliphatic carbocycles. The Labute approximate surface area is 155 Å². The van der Waals surface area contributed by atoms with E-state index in [1.165, 1.54) is 10.6 Å². The Balaban J connectivity index is 1.61. The summed E-state index contributed by atoms with van der Waals surface area (Å²) in [7, 11) is 0. The molecule has 2 heterocycles. The highest BCUT2D eigenvalue weighted by atomic mass is 35.5. The summed E-state index contributed by atoms with van der Waals surface area (Å²) in [4.78, 5) is 16.4. The number of rotatable bonds is 5. The number of Topliss-reactive ketones (excluding diaryl/α,β-unsaturated/α-hetero) is 1. The Hall–Kier alpha value is -1.78. The van der Waals surface area contributed by atoms with E-state index in [-0.39, 0.29) is 5.78 Å². The van der Waals surface area contributed by atoms with Gasteiger partial charge in [0.25, 0.3) is 0 Å². The number of ketones is 1. The summed E-state index contributed by atoms with van der Waals surface area (Å²) < 4.78 is 2.21. The van der Waals surface area contributed by atoms with Crippen molar-refractivity contribution in [3.63, 3.8) is 0 Å². The number of piperazine rings is 1. The van der Waals surface area contributed by atoms with E-state index >= 15 is 0 Å². The molecule has 1 N–H and O–H groups in total. The molecule has 1 saturated heterocycles. The first-order chi connectivity index (χ1) is 12.0. The van der Waals surface area contributed by atoms with Crippen LogP contribution in [0.3, 0.4) is 0 Å². The molecule has 134 valence electrons. The van der Waals surface area contributed by atoms with E-state index in [0.717, 1.165) is 54.7 Å². The number of carbonyl (C=O) groups excluding carboxylic acids is 1. The molecule has 1 aromatic heterocycles. The van der Waals surface area contributed by atoms with Gasteiger partial charge < -0.3 is 14.4 Å². The smallest absolute Gasteiger partial charge is 0.218 e. The van der Waals surface area contributed by atoms with E-state index in [4.69, 9.17) is 11.6 Å². The molecule has 0 amide bonds. The van der Waals surface area contributed by atoms with Crippen molar-refractivity contribution in [1.82, 2.24) is 4.57 Å². The molecule has 1 aromatic carbocycles. The lowest BCUT2D eigenvalue weighted by atomic mass is 10.1. The Morgan fingerprint density at radius 3 is 2.48 bits per heavy atom. The van der Waals surface area contributed by atoms with E-state index in [1.807, 2.05) is 24.3 Å². The first kappa shape index (κ1) is 18.0. The molecule has 2 aromatic rings. The number of carbonyl (C=O) groups is 1. The van der Waals surface area contributed by atoms with Gasteiger partial charge >= 0.3 is 0 Å². The fraction of sp³-hybridized carbons (Fsp3) is 0.450. The van der Waals surface area contributed by atoms with Gasteiger partial charge in [0, 0.05) is 23.5 Å². The number of aromatic nitrogens is 1. The predicted octanol–water partition coefficient (Wildman–Crippen LogP) is 2.37. The van der Waals surface area contributed by atoms with Crippen LogP contribution in [-0.4, -0.2) is 43.1 Å². The van der Waals surface area contributed by atoms with Crippen molar-refractivity contribution in [3.8, 4) is 0 Å². The third-order valence-electron chi connectivity index (χ3n) is 5.26. The third-order valence-corrected chi connectivity index (χ3v) is 5.58. The largest absolute Gasteiger partial charge is 0.359 e. The summed E-state index contributed by atoms with van der Waals surface area (Å²) >= 11 is 6.30. The van der Waals surface area contributed by atoms with Crippen LogP contribution < -0.4 is 9.80 Å². The van der Waals surface area contributed by atoms with Crippen LogP contribution in [0.5, 0.6) is 0 Å². The normalized spacial score (nSPS) is 15.6. The number of halogens is 1. The number of hydrogen-bond acceptors (Lipinski definition) is 2. The standard InChI is InChI=1S/C20H26ClN3O/c1-4-24-15(2)13-17(16(24)3)20(25)14-22-9-11-23(12-10-22)19-8-6-5-7-18(19)21/h5-8,13H,4,9-12,14H2,1-3H3/p+1. The zero-order chi connectivity index (χ0) is 18.0. The summed E-state index contributed by atoms with van der Waals surface area (Å²) in [6.45, 7) is 11.5. The van der Waals surface area contributed by atoms with Gasteiger partial charge in [0.1, 0.15) is 6.54 Å². The molecule has 3 rings (SSSR count). The van der Waals surface area contributed by atoms with Crippen LogP contribution >= 0.6 is 11.6 Å². The minimum absolute atomic E-state index is 0.258. The molecule has 0 atom stereocenters. The van der Waals surface area contributed by atoms with Crippen LogP contribution in [0.25, 0.3) is 0 Å². The first-order valence-electron chi connectivity index (χ1n) is 9.04. The van der Waals surface area contributed by atoms with Gasteiger partial charge in [-0.25, -0.2) is 0 Å². The minimum Gasteiger partial charge on any atom is -0.359 e. The Kier molecular flexibility index (Phi) is 5.50. The molecule has 4 nitrogen and oxygen atoms in total. The lowest BCUT2D eigenvalue weighted by Crippen LogP contribution is -3.15. The Bertz CT molecular complexity index is 760. The van der Waals surface area contributed by atoms with Gasteiger partial charge in [0.15, 0.2) is 0 Å². The molecule has 5 heteroatoms. The number of hydrogen-bond donors (Lipinski definition) is 1. The number of para-hydroxylation sites is 1. The lowest BCUT2D eigenvalue weighted by molar-refractivity contribution is -0.892. The Morgan fingerprint density at radius 2 is 1.88 bits per heavy atom. The summed E-state index contributed by atoms with van der Waals surface area (Å²) in [5.41, 5.74) is 4.25. The van der Waals surface area contributed by atoms with Gasteiger partial charge in [-0.3, -0.25) is 4.79 Å². The Morgan fingerprint density at radius 1 is 1.20 bits per heavy atom. The summed E-state index contributed by atoms with van der Waals surface area (Å²) in [6, 6.07) is 10.0. The molecule has 0 spiro atoms. The fourth-order valence-corrected chi connectivity index (χ4v) is 4.10. The van der Waals surface area contributed by atoms with Crippen LogP contribution in [0.15, 0.2) is 30.3 Å². The molecular formula is C20H27ClN3O+. The second-order valence-corrected chi connectivity index (χ2v) is 7.22. The average Bonchev–Trinajstić information content (AvgIpc) is 2.90. The highest BCUT2D eigenvalue weighted by molar-refractivity contribution is 6.33. The van der Waals surface area contributed by atoms with Crippen LogP contribution in [0.1, 0.15) is 28.7 Å². The molecule has 0 unspecified atom stereocenters. The van der Waals surface area contributed by atoms with Gasteiger partial charge in [0.2, 0.25) is 5.78 Å². The molecular weight excluding hydrogens is 334 g/mol. The van der Waals surface area contributed by atoms with E-state index in [2.05, 4.69) is 36.3 Å². The molecule has 0 radical (unpaired) electrons. The number of quaternary nitrogens is 1. The maximum absolute atomic E-state index is 12.8. The monoisotopic (exact) mass is 360 g/mol. The summed E-state index contributed by atoms with van der Waals surface area (Å²) in [5.74, 6) is 0.258. The number of benzene rings is 1. The minimum atomic E-state index is 0.258. The van der Waals surface area contributed by atoms with E-state index in [1.54, 1.807) is 0 Å². The van der Waals surface area contributed by atoms with Crippen molar-refractivity contribution >= 4 is 23.1 Å². The quantitative estimate of drug-likeness (QED) is 0.829. The van der Waals surface area contributed by atoms with Crippen LogP contribution in [0, 0.1) is 13.8 Å². The molecule has 1 aliphatic rings. The van der Waals surface area contributed by atoms with Gasteiger partial charge in [-0.05, 0) is 39.0 Å². The van der Waals surface area contributed by atoms with Crippen LogP contribution in [0.2, 0.25) is 5.02 Å². The number of anilines is 1. The predicted molar refractivity (Wildman–Crippen MR) is 103 cm³/mol. The molecule has 1 fully saturated rings. The average molecular weight is 361 g/mol. The van der Waals surface area contributed by atoms with Gasteiger partial charge in [-0.15, -0.1) is 0 Å². The van der Waals surface area contributed by atoms with Gasteiger partial charge in [-0.2, -0.15) is 0 Å². The van der Waals surface area contributed by atoms with Crippen LogP contribution in [-0.2, 0) is 6.54 Å². The summed E-state index contributed by atoms with van der Waals surface area (Å²) in [5, 5.41) is 0.800. The molecule has 25 heavy (non-hydrogen) atoms. The number of nitrogens with zero attached hydrogens (tertiary/aromatic N) is 2. The zero-order valence-corrected chi connectivity index (χ0v) is 16.1.